The van der Waals surface area contributed by atoms with Crippen molar-refractivity contribution in [1.82, 2.24) is 15.5 Å². The van der Waals surface area contributed by atoms with Crippen LogP contribution in [0.2, 0.25) is 0 Å². The third-order valence-corrected chi connectivity index (χ3v) is 3.41. The minimum Gasteiger partial charge on any atom is -0.348 e. The molecule has 5 heteroatoms. The van der Waals surface area contributed by atoms with Gasteiger partial charge in [0.25, 0.3) is 5.91 Å². The van der Waals surface area contributed by atoms with Crippen LogP contribution in [0.5, 0.6) is 0 Å². The predicted molar refractivity (Wildman–Crippen MR) is 81.6 cm³/mol. The average molecular weight is 280 g/mol. The SMILES string of the molecule is NCc1ccc(C(=O)NCc2ccc3cn[nH]c3c2)cc1. The van der Waals surface area contributed by atoms with Crippen molar-refractivity contribution in [2.24, 2.45) is 5.73 Å². The van der Waals surface area contributed by atoms with Gasteiger partial charge in [-0.15, -0.1) is 0 Å². The molecule has 0 aliphatic heterocycles. The first-order chi connectivity index (χ1) is 10.3. The molecule has 3 aromatic rings. The number of carbonyl (C=O) groups is 1. The van der Waals surface area contributed by atoms with Crippen LogP contribution in [0, 0.1) is 0 Å². The Bertz CT molecular complexity index is 761. The Labute approximate surface area is 122 Å². The zero-order chi connectivity index (χ0) is 14.7. The molecule has 4 N–H and O–H groups in total. The Balaban J connectivity index is 1.66. The first-order valence-corrected chi connectivity index (χ1v) is 6.75. The Morgan fingerprint density at radius 1 is 1.14 bits per heavy atom. The molecular formula is C16H16N4O. The van der Waals surface area contributed by atoms with E-state index >= 15 is 0 Å². The number of nitrogens with zero attached hydrogens (tertiary/aromatic N) is 1. The summed E-state index contributed by atoms with van der Waals surface area (Å²) in [6, 6.07) is 13.3. The molecule has 1 amide bonds. The summed E-state index contributed by atoms with van der Waals surface area (Å²) in [4.78, 5) is 12.1. The molecular weight excluding hydrogens is 264 g/mol. The third-order valence-electron chi connectivity index (χ3n) is 3.41. The highest BCUT2D eigenvalue weighted by molar-refractivity contribution is 5.94. The van der Waals surface area contributed by atoms with Crippen molar-refractivity contribution in [2.75, 3.05) is 0 Å². The summed E-state index contributed by atoms with van der Waals surface area (Å²) in [6.07, 6.45) is 1.77. The summed E-state index contributed by atoms with van der Waals surface area (Å²) in [5.41, 5.74) is 9.18. The van der Waals surface area contributed by atoms with Gasteiger partial charge in [0.05, 0.1) is 11.7 Å². The normalized spacial score (nSPS) is 10.7. The fourth-order valence-corrected chi connectivity index (χ4v) is 2.17. The fraction of sp³-hybridized carbons (Fsp3) is 0.125. The van der Waals surface area contributed by atoms with E-state index in [1.807, 2.05) is 30.3 Å². The highest BCUT2D eigenvalue weighted by Crippen LogP contribution is 2.12. The molecule has 3 rings (SSSR count). The zero-order valence-electron chi connectivity index (χ0n) is 11.5. The number of aromatic nitrogens is 2. The van der Waals surface area contributed by atoms with Crippen LogP contribution in [-0.2, 0) is 13.1 Å². The van der Waals surface area contributed by atoms with Gasteiger partial charge in [-0.3, -0.25) is 9.89 Å². The lowest BCUT2D eigenvalue weighted by Gasteiger charge is -2.06. The molecule has 0 spiro atoms. The molecule has 0 saturated carbocycles. The van der Waals surface area contributed by atoms with Gasteiger partial charge in [-0.1, -0.05) is 24.3 Å². The van der Waals surface area contributed by atoms with Crippen molar-refractivity contribution in [3.05, 3.63) is 65.4 Å². The first-order valence-electron chi connectivity index (χ1n) is 6.75. The summed E-state index contributed by atoms with van der Waals surface area (Å²) in [7, 11) is 0. The lowest BCUT2D eigenvalue weighted by atomic mass is 10.1. The molecule has 0 saturated heterocycles. The molecule has 106 valence electrons. The number of aromatic amines is 1. The van der Waals surface area contributed by atoms with Crippen LogP contribution >= 0.6 is 0 Å². The maximum Gasteiger partial charge on any atom is 0.251 e. The number of fused-ring (bicyclic) bond motifs is 1. The molecule has 1 heterocycles. The van der Waals surface area contributed by atoms with E-state index in [1.165, 1.54) is 0 Å². The van der Waals surface area contributed by atoms with Crippen LogP contribution in [0.25, 0.3) is 10.9 Å². The number of nitrogens with two attached hydrogens (primary N) is 1. The Hall–Kier alpha value is -2.66. The number of H-pyrrole nitrogens is 1. The van der Waals surface area contributed by atoms with Gasteiger partial charge in [-0.2, -0.15) is 5.10 Å². The van der Waals surface area contributed by atoms with Crippen molar-refractivity contribution >= 4 is 16.8 Å². The number of hydrogen-bond acceptors (Lipinski definition) is 3. The Morgan fingerprint density at radius 2 is 1.90 bits per heavy atom. The molecule has 21 heavy (non-hydrogen) atoms. The first kappa shape index (κ1) is 13.3. The Morgan fingerprint density at radius 3 is 2.67 bits per heavy atom. The fourth-order valence-electron chi connectivity index (χ4n) is 2.17. The van der Waals surface area contributed by atoms with Gasteiger partial charge in [-0.05, 0) is 29.3 Å². The summed E-state index contributed by atoms with van der Waals surface area (Å²) in [5.74, 6) is -0.0942. The Kier molecular flexibility index (Phi) is 3.66. The van der Waals surface area contributed by atoms with E-state index in [0.717, 1.165) is 22.0 Å². The van der Waals surface area contributed by atoms with Crippen LogP contribution < -0.4 is 11.1 Å². The number of carbonyl (C=O) groups excluding carboxylic acids is 1. The molecule has 2 aromatic carbocycles. The number of amides is 1. The van der Waals surface area contributed by atoms with E-state index in [9.17, 15) is 4.79 Å². The van der Waals surface area contributed by atoms with E-state index < -0.39 is 0 Å². The molecule has 0 atom stereocenters. The van der Waals surface area contributed by atoms with Crippen molar-refractivity contribution in [2.45, 2.75) is 13.1 Å². The second-order valence-electron chi connectivity index (χ2n) is 4.88. The van der Waals surface area contributed by atoms with Gasteiger partial charge >= 0.3 is 0 Å². The van der Waals surface area contributed by atoms with Crippen LogP contribution in [0.3, 0.4) is 0 Å². The smallest absolute Gasteiger partial charge is 0.251 e. The van der Waals surface area contributed by atoms with E-state index in [2.05, 4.69) is 15.5 Å². The molecule has 0 radical (unpaired) electrons. The number of benzene rings is 2. The molecule has 5 nitrogen and oxygen atoms in total. The van der Waals surface area contributed by atoms with Crippen LogP contribution in [-0.4, -0.2) is 16.1 Å². The summed E-state index contributed by atoms with van der Waals surface area (Å²) < 4.78 is 0. The van der Waals surface area contributed by atoms with Crippen molar-refractivity contribution in [3.63, 3.8) is 0 Å². The predicted octanol–water partition coefficient (Wildman–Crippen LogP) is 1.95. The van der Waals surface area contributed by atoms with Crippen molar-refractivity contribution < 1.29 is 4.79 Å². The summed E-state index contributed by atoms with van der Waals surface area (Å²) in [6.45, 7) is 0.957. The topological polar surface area (TPSA) is 83.8 Å². The minimum absolute atomic E-state index is 0.0942. The number of rotatable bonds is 4. The molecule has 0 fully saturated rings. The van der Waals surface area contributed by atoms with E-state index in [0.29, 0.717) is 18.7 Å². The van der Waals surface area contributed by atoms with E-state index in [-0.39, 0.29) is 5.91 Å². The van der Waals surface area contributed by atoms with Gasteiger partial charge in [0.15, 0.2) is 0 Å². The van der Waals surface area contributed by atoms with Gasteiger partial charge in [0.1, 0.15) is 0 Å². The maximum absolute atomic E-state index is 12.1. The summed E-state index contributed by atoms with van der Waals surface area (Å²) in [5, 5.41) is 10.9. The maximum atomic E-state index is 12.1. The quantitative estimate of drug-likeness (QED) is 0.683. The van der Waals surface area contributed by atoms with Gasteiger partial charge in [0, 0.05) is 24.0 Å². The van der Waals surface area contributed by atoms with Crippen molar-refractivity contribution in [3.8, 4) is 0 Å². The second kappa shape index (κ2) is 5.76. The molecule has 0 bridgehead atoms. The molecule has 1 aromatic heterocycles. The second-order valence-corrected chi connectivity index (χ2v) is 4.88. The molecule has 0 unspecified atom stereocenters. The molecule has 0 aliphatic rings. The van der Waals surface area contributed by atoms with Gasteiger partial charge in [-0.25, -0.2) is 0 Å². The lowest BCUT2D eigenvalue weighted by molar-refractivity contribution is 0.0951. The van der Waals surface area contributed by atoms with Gasteiger partial charge in [0.2, 0.25) is 0 Å². The zero-order valence-corrected chi connectivity index (χ0v) is 11.5. The highest BCUT2D eigenvalue weighted by atomic mass is 16.1. The average Bonchev–Trinajstić information content (AvgIpc) is 3.00. The van der Waals surface area contributed by atoms with Gasteiger partial charge < -0.3 is 11.1 Å². The van der Waals surface area contributed by atoms with Crippen LogP contribution in [0.1, 0.15) is 21.5 Å². The molecule has 0 aliphatic carbocycles. The minimum atomic E-state index is -0.0942. The lowest BCUT2D eigenvalue weighted by Crippen LogP contribution is -2.22. The number of hydrogen-bond donors (Lipinski definition) is 3. The monoisotopic (exact) mass is 280 g/mol. The third kappa shape index (κ3) is 2.93. The van der Waals surface area contributed by atoms with Crippen molar-refractivity contribution in [1.29, 1.82) is 0 Å². The van der Waals surface area contributed by atoms with E-state index in [1.54, 1.807) is 18.3 Å². The largest absolute Gasteiger partial charge is 0.348 e. The summed E-state index contributed by atoms with van der Waals surface area (Å²) >= 11 is 0. The van der Waals surface area contributed by atoms with Crippen LogP contribution in [0.4, 0.5) is 0 Å². The van der Waals surface area contributed by atoms with E-state index in [4.69, 9.17) is 5.73 Å². The highest BCUT2D eigenvalue weighted by Gasteiger charge is 2.05. The van der Waals surface area contributed by atoms with Crippen LogP contribution in [0.15, 0.2) is 48.7 Å². The standard InChI is InChI=1S/C16H16N4O/c17-8-11-1-4-13(5-2-11)16(21)18-9-12-3-6-14-10-19-20-15(14)7-12/h1-7,10H,8-9,17H2,(H,18,21)(H,19,20). The number of nitrogens with one attached hydrogen (secondary N) is 2.